The molecule has 36 heavy (non-hydrogen) atoms. The number of carboxylic acids is 1. The van der Waals surface area contributed by atoms with Crippen molar-refractivity contribution in [3.63, 3.8) is 0 Å². The third kappa shape index (κ3) is 7.15. The molecule has 0 fully saturated rings. The molecule has 0 unspecified atom stereocenters. The standard InChI is InChI=1S/C31H34N2O2.H2O/c34-28(35)23-15-4-2-1-3-5-16-24-33-31(27-21-13-8-14-22-27)29(25-17-9-6-10-18-25)30(32-33)26-19-11-7-12-20-26;/h6-14,17-22H,1-5,15-16,23-24H2,(H,34,35);1H2. The first-order valence-corrected chi connectivity index (χ1v) is 12.7. The van der Waals surface area contributed by atoms with E-state index in [2.05, 4.69) is 89.6 Å². The Balaban J connectivity index is 0.00000361. The van der Waals surface area contributed by atoms with E-state index in [-0.39, 0.29) is 11.9 Å². The maximum Gasteiger partial charge on any atom is 0.303 e. The molecule has 0 radical (unpaired) electrons. The molecule has 0 saturated carbocycles. The number of carboxylic acid groups (broad SMARTS) is 1. The molecule has 0 saturated heterocycles. The first-order valence-electron chi connectivity index (χ1n) is 12.7. The Kier molecular flexibility index (Phi) is 10.5. The highest BCUT2D eigenvalue weighted by molar-refractivity contribution is 5.91. The summed E-state index contributed by atoms with van der Waals surface area (Å²) in [7, 11) is 0. The minimum absolute atomic E-state index is 0. The molecular weight excluding hydrogens is 448 g/mol. The molecule has 0 bridgehead atoms. The minimum atomic E-state index is -0.691. The highest BCUT2D eigenvalue weighted by Crippen LogP contribution is 2.40. The topological polar surface area (TPSA) is 86.6 Å². The monoisotopic (exact) mass is 484 g/mol. The number of benzene rings is 3. The number of nitrogens with zero attached hydrogens (tertiary/aromatic N) is 2. The van der Waals surface area contributed by atoms with Gasteiger partial charge in [-0.2, -0.15) is 5.10 Å². The molecule has 3 N–H and O–H groups in total. The molecular formula is C31H36N2O3. The van der Waals surface area contributed by atoms with Gasteiger partial charge in [0.2, 0.25) is 0 Å². The van der Waals surface area contributed by atoms with Gasteiger partial charge >= 0.3 is 5.97 Å². The highest BCUT2D eigenvalue weighted by atomic mass is 16.4. The van der Waals surface area contributed by atoms with E-state index >= 15 is 0 Å². The summed E-state index contributed by atoms with van der Waals surface area (Å²) in [5, 5.41) is 13.9. The fourth-order valence-electron chi connectivity index (χ4n) is 4.61. The molecule has 0 aliphatic carbocycles. The molecule has 0 spiro atoms. The Morgan fingerprint density at radius 2 is 1.11 bits per heavy atom. The molecule has 1 aromatic heterocycles. The molecule has 0 aliphatic heterocycles. The van der Waals surface area contributed by atoms with Crippen LogP contribution in [0.2, 0.25) is 0 Å². The molecule has 5 heteroatoms. The van der Waals surface area contributed by atoms with Gasteiger partial charge in [-0.1, -0.05) is 123 Å². The van der Waals surface area contributed by atoms with Gasteiger partial charge in [0, 0.05) is 29.7 Å². The van der Waals surface area contributed by atoms with Crippen molar-refractivity contribution in [2.75, 3.05) is 0 Å². The molecule has 0 aliphatic rings. The Hall–Kier alpha value is -3.70. The van der Waals surface area contributed by atoms with Crippen molar-refractivity contribution >= 4 is 5.97 Å². The maximum absolute atomic E-state index is 10.6. The quantitative estimate of drug-likeness (QED) is 0.203. The van der Waals surface area contributed by atoms with Gasteiger partial charge in [0.15, 0.2) is 0 Å². The van der Waals surface area contributed by atoms with Crippen LogP contribution in [-0.4, -0.2) is 26.3 Å². The van der Waals surface area contributed by atoms with Gasteiger partial charge in [-0.05, 0) is 18.4 Å². The maximum atomic E-state index is 10.6. The van der Waals surface area contributed by atoms with Crippen LogP contribution in [0.5, 0.6) is 0 Å². The second-order valence-corrected chi connectivity index (χ2v) is 9.01. The summed E-state index contributed by atoms with van der Waals surface area (Å²) in [5.74, 6) is -0.691. The second-order valence-electron chi connectivity index (χ2n) is 9.01. The van der Waals surface area contributed by atoms with Gasteiger partial charge in [0.05, 0.1) is 5.69 Å². The van der Waals surface area contributed by atoms with Gasteiger partial charge in [-0.15, -0.1) is 0 Å². The first-order chi connectivity index (χ1) is 17.2. The van der Waals surface area contributed by atoms with Crippen LogP contribution in [0, 0.1) is 0 Å². The van der Waals surface area contributed by atoms with Gasteiger partial charge in [0.25, 0.3) is 0 Å². The highest BCUT2D eigenvalue weighted by Gasteiger charge is 2.21. The van der Waals surface area contributed by atoms with Gasteiger partial charge in [0.1, 0.15) is 5.69 Å². The van der Waals surface area contributed by atoms with Crippen LogP contribution < -0.4 is 0 Å². The Bertz CT molecular complexity index is 1190. The molecule has 3 aromatic carbocycles. The van der Waals surface area contributed by atoms with Gasteiger partial charge < -0.3 is 10.6 Å². The van der Waals surface area contributed by atoms with Crippen molar-refractivity contribution in [2.45, 2.75) is 57.9 Å². The van der Waals surface area contributed by atoms with E-state index in [0.717, 1.165) is 56.3 Å². The summed E-state index contributed by atoms with van der Waals surface area (Å²) in [6.07, 6.45) is 7.74. The second kappa shape index (κ2) is 14.0. The average molecular weight is 485 g/mol. The smallest absolute Gasteiger partial charge is 0.303 e. The number of carbonyl (C=O) groups is 1. The number of aliphatic carboxylic acids is 1. The van der Waals surface area contributed by atoms with Crippen LogP contribution in [0.15, 0.2) is 91.0 Å². The lowest BCUT2D eigenvalue weighted by atomic mass is 9.96. The summed E-state index contributed by atoms with van der Waals surface area (Å²) in [6, 6.07) is 31.6. The van der Waals surface area contributed by atoms with Crippen molar-refractivity contribution < 1.29 is 15.4 Å². The zero-order valence-electron chi connectivity index (χ0n) is 20.8. The van der Waals surface area contributed by atoms with Crippen molar-refractivity contribution in [1.29, 1.82) is 0 Å². The molecule has 4 rings (SSSR count). The zero-order chi connectivity index (χ0) is 24.3. The largest absolute Gasteiger partial charge is 0.481 e. The normalized spacial score (nSPS) is 10.7. The predicted octanol–water partition coefficient (Wildman–Crippen LogP) is 7.26. The van der Waals surface area contributed by atoms with E-state index in [1.807, 2.05) is 6.07 Å². The van der Waals surface area contributed by atoms with Crippen LogP contribution in [0.4, 0.5) is 0 Å². The van der Waals surface area contributed by atoms with E-state index in [1.165, 1.54) is 28.8 Å². The third-order valence-corrected chi connectivity index (χ3v) is 6.37. The van der Waals surface area contributed by atoms with Crippen molar-refractivity contribution in [2.24, 2.45) is 0 Å². The van der Waals surface area contributed by atoms with Crippen LogP contribution >= 0.6 is 0 Å². The fourth-order valence-corrected chi connectivity index (χ4v) is 4.61. The number of aromatic nitrogens is 2. The Morgan fingerprint density at radius 1 is 0.639 bits per heavy atom. The number of rotatable bonds is 13. The van der Waals surface area contributed by atoms with Crippen molar-refractivity contribution in [3.8, 4) is 33.6 Å². The summed E-state index contributed by atoms with van der Waals surface area (Å²) in [6.45, 7) is 0.871. The lowest BCUT2D eigenvalue weighted by molar-refractivity contribution is -0.137. The first kappa shape index (κ1) is 26.9. The van der Waals surface area contributed by atoms with Crippen LogP contribution in [-0.2, 0) is 11.3 Å². The van der Waals surface area contributed by atoms with Crippen LogP contribution in [0.25, 0.3) is 33.6 Å². The summed E-state index contributed by atoms with van der Waals surface area (Å²) >= 11 is 0. The van der Waals surface area contributed by atoms with Crippen LogP contribution in [0.1, 0.15) is 51.4 Å². The molecule has 188 valence electrons. The fraction of sp³-hybridized carbons (Fsp3) is 0.290. The number of unbranched alkanes of at least 4 members (excludes halogenated alkanes) is 6. The Labute approximate surface area is 213 Å². The zero-order valence-corrected chi connectivity index (χ0v) is 20.8. The molecule has 0 atom stereocenters. The Morgan fingerprint density at radius 3 is 1.67 bits per heavy atom. The molecule has 4 aromatic rings. The summed E-state index contributed by atoms with van der Waals surface area (Å²) in [5.41, 5.74) is 6.86. The number of hydrogen-bond donors (Lipinski definition) is 1. The van der Waals surface area contributed by atoms with E-state index in [9.17, 15) is 4.79 Å². The molecule has 5 nitrogen and oxygen atoms in total. The van der Waals surface area contributed by atoms with Gasteiger partial charge in [-0.3, -0.25) is 9.48 Å². The van der Waals surface area contributed by atoms with Crippen molar-refractivity contribution in [1.82, 2.24) is 9.78 Å². The van der Waals surface area contributed by atoms with E-state index in [0.29, 0.717) is 0 Å². The lowest BCUT2D eigenvalue weighted by Crippen LogP contribution is -2.03. The van der Waals surface area contributed by atoms with E-state index in [4.69, 9.17) is 10.2 Å². The van der Waals surface area contributed by atoms with Crippen LogP contribution in [0.3, 0.4) is 0 Å². The van der Waals surface area contributed by atoms with E-state index in [1.54, 1.807) is 0 Å². The lowest BCUT2D eigenvalue weighted by Gasteiger charge is -2.11. The van der Waals surface area contributed by atoms with E-state index < -0.39 is 5.97 Å². The summed E-state index contributed by atoms with van der Waals surface area (Å²) in [4.78, 5) is 10.6. The molecule has 1 heterocycles. The third-order valence-electron chi connectivity index (χ3n) is 6.37. The minimum Gasteiger partial charge on any atom is -0.481 e. The predicted molar refractivity (Wildman–Crippen MR) is 147 cm³/mol. The number of hydrogen-bond acceptors (Lipinski definition) is 2. The summed E-state index contributed by atoms with van der Waals surface area (Å²) < 4.78 is 2.20. The number of aryl methyl sites for hydroxylation is 1. The SMILES string of the molecule is O.O=C(O)CCCCCCCCCn1nc(-c2ccccc2)c(-c2ccccc2)c1-c1ccccc1. The van der Waals surface area contributed by atoms with Gasteiger partial charge in [-0.25, -0.2) is 0 Å². The van der Waals surface area contributed by atoms with Crippen molar-refractivity contribution in [3.05, 3.63) is 91.0 Å². The average Bonchev–Trinajstić information content (AvgIpc) is 3.28. The molecule has 0 amide bonds.